The van der Waals surface area contributed by atoms with Gasteiger partial charge in [0, 0.05) is 7.05 Å². The quantitative estimate of drug-likeness (QED) is 0.466. The molecule has 26 heavy (non-hydrogen) atoms. The summed E-state index contributed by atoms with van der Waals surface area (Å²) in [7, 11) is 3.69. The van der Waals surface area contributed by atoms with Crippen LogP contribution in [0.2, 0.25) is 0 Å². The van der Waals surface area contributed by atoms with E-state index in [0.717, 1.165) is 29.3 Å². The van der Waals surface area contributed by atoms with Crippen LogP contribution in [0.15, 0.2) is 6.20 Å². The number of nitrogens with one attached hydrogen (secondary N) is 1. The highest BCUT2D eigenvalue weighted by atomic mass is 32.1. The van der Waals surface area contributed by atoms with E-state index in [-0.39, 0.29) is 26.7 Å². The number of nitrogens with zero attached hydrogens (tertiary/aromatic N) is 3. The van der Waals surface area contributed by atoms with Gasteiger partial charge in [0.15, 0.2) is 0 Å². The van der Waals surface area contributed by atoms with Crippen LogP contribution < -0.4 is 5.32 Å². The molecule has 12 heteroatoms. The molecular weight excluding hydrogens is 368 g/mol. The minimum atomic E-state index is -0.862. The second-order valence-corrected chi connectivity index (χ2v) is 5.98. The van der Waals surface area contributed by atoms with Gasteiger partial charge in [0.1, 0.15) is 16.1 Å². The Morgan fingerprint density at radius 1 is 1.27 bits per heavy atom. The van der Waals surface area contributed by atoms with Crippen molar-refractivity contribution in [1.29, 1.82) is 0 Å². The zero-order valence-corrected chi connectivity index (χ0v) is 15.0. The first-order chi connectivity index (χ1) is 12.2. The number of ether oxygens (including phenoxy) is 2. The van der Waals surface area contributed by atoms with Crippen molar-refractivity contribution >= 4 is 39.9 Å². The number of thiophene rings is 1. The molecule has 2 rings (SSSR count). The number of nitro groups is 1. The molecule has 11 nitrogen and oxygen atoms in total. The first-order valence-corrected chi connectivity index (χ1v) is 7.82. The molecule has 0 saturated heterocycles. The van der Waals surface area contributed by atoms with E-state index in [0.29, 0.717) is 0 Å². The molecule has 138 valence electrons. The lowest BCUT2D eigenvalue weighted by atomic mass is 10.1. The second-order valence-electron chi connectivity index (χ2n) is 4.96. The molecule has 0 aliphatic carbocycles. The number of aromatic nitrogens is 2. The van der Waals surface area contributed by atoms with Crippen LogP contribution in [0.4, 0.5) is 10.7 Å². The fourth-order valence-electron chi connectivity index (χ4n) is 2.22. The smallest absolute Gasteiger partial charge is 0.348 e. The largest absolute Gasteiger partial charge is 0.465 e. The number of carbonyl (C=O) groups excluding carboxylic acids is 3. The van der Waals surface area contributed by atoms with Gasteiger partial charge >= 0.3 is 17.6 Å². The van der Waals surface area contributed by atoms with Gasteiger partial charge in [0.25, 0.3) is 5.91 Å². The number of anilines is 1. The Labute approximate surface area is 150 Å². The lowest BCUT2D eigenvalue weighted by molar-refractivity contribution is -0.385. The van der Waals surface area contributed by atoms with Crippen LogP contribution in [0.5, 0.6) is 0 Å². The van der Waals surface area contributed by atoms with Crippen molar-refractivity contribution in [3.63, 3.8) is 0 Å². The van der Waals surface area contributed by atoms with Gasteiger partial charge in [-0.15, -0.1) is 11.3 Å². The Morgan fingerprint density at radius 2 is 1.88 bits per heavy atom. The predicted octanol–water partition coefficient (Wildman–Crippen LogP) is 1.52. The van der Waals surface area contributed by atoms with Gasteiger partial charge in [0.2, 0.25) is 5.69 Å². The van der Waals surface area contributed by atoms with E-state index in [1.807, 2.05) is 0 Å². The maximum atomic E-state index is 12.5. The first kappa shape index (κ1) is 19.1. The minimum absolute atomic E-state index is 0.00949. The molecule has 0 atom stereocenters. The topological polar surface area (TPSA) is 143 Å². The minimum Gasteiger partial charge on any atom is -0.465 e. The summed E-state index contributed by atoms with van der Waals surface area (Å²) in [6.45, 7) is 1.50. The SMILES string of the molecule is COC(=O)c1sc(NC(=O)c2c([N+](=O)[O-])cnn2C)c(C(=O)OC)c1C. The van der Waals surface area contributed by atoms with Gasteiger partial charge in [-0.2, -0.15) is 5.10 Å². The van der Waals surface area contributed by atoms with Crippen LogP contribution in [0.3, 0.4) is 0 Å². The Hall–Kier alpha value is -3.28. The van der Waals surface area contributed by atoms with Crippen LogP contribution in [0.1, 0.15) is 36.1 Å². The maximum absolute atomic E-state index is 12.5. The molecule has 0 unspecified atom stereocenters. The molecule has 2 heterocycles. The number of carbonyl (C=O) groups is 3. The standard InChI is InChI=1S/C14H14N4O7S/c1-6-8(13(20)24-3)12(26-10(6)14(21)25-4)16-11(19)9-7(18(22)23)5-15-17(9)2/h5H,1-4H3,(H,16,19). The third-order valence-electron chi connectivity index (χ3n) is 3.47. The molecule has 0 fully saturated rings. The zero-order valence-electron chi connectivity index (χ0n) is 14.2. The van der Waals surface area contributed by atoms with Crippen LogP contribution >= 0.6 is 11.3 Å². The van der Waals surface area contributed by atoms with Crippen molar-refractivity contribution in [3.05, 3.63) is 38.0 Å². The van der Waals surface area contributed by atoms with Crippen LogP contribution in [-0.2, 0) is 16.5 Å². The molecule has 0 aliphatic heterocycles. The number of rotatable bonds is 5. The third-order valence-corrected chi connectivity index (χ3v) is 4.65. The predicted molar refractivity (Wildman–Crippen MR) is 89.6 cm³/mol. The third kappa shape index (κ3) is 3.26. The first-order valence-electron chi connectivity index (χ1n) is 7.00. The number of esters is 2. The van der Waals surface area contributed by atoms with Crippen LogP contribution in [-0.4, -0.2) is 46.8 Å². The normalized spacial score (nSPS) is 10.3. The number of hydrogen-bond acceptors (Lipinski definition) is 9. The number of aryl methyl sites for hydroxylation is 1. The average Bonchev–Trinajstić information content (AvgIpc) is 3.14. The van der Waals surface area contributed by atoms with Gasteiger partial charge in [-0.3, -0.25) is 19.6 Å². The summed E-state index contributed by atoms with van der Waals surface area (Å²) in [5.74, 6) is -2.33. The van der Waals surface area contributed by atoms with Gasteiger partial charge in [0.05, 0.1) is 24.7 Å². The fourth-order valence-corrected chi connectivity index (χ4v) is 3.33. The molecule has 2 aromatic heterocycles. The van der Waals surface area contributed by atoms with Crippen molar-refractivity contribution in [2.45, 2.75) is 6.92 Å². The molecule has 0 spiro atoms. The highest BCUT2D eigenvalue weighted by Crippen LogP contribution is 2.34. The van der Waals surface area contributed by atoms with Gasteiger partial charge < -0.3 is 14.8 Å². The number of hydrogen-bond donors (Lipinski definition) is 1. The van der Waals surface area contributed by atoms with E-state index in [1.54, 1.807) is 0 Å². The lowest BCUT2D eigenvalue weighted by Gasteiger charge is -2.06. The molecule has 1 amide bonds. The molecule has 0 bridgehead atoms. The fraction of sp³-hybridized carbons (Fsp3) is 0.286. The van der Waals surface area contributed by atoms with Gasteiger partial charge in [-0.25, -0.2) is 9.59 Å². The summed E-state index contributed by atoms with van der Waals surface area (Å²) in [5.41, 5.74) is -0.567. The molecule has 0 radical (unpaired) electrons. The molecule has 1 N–H and O–H groups in total. The molecule has 0 aliphatic rings. The van der Waals surface area contributed by atoms with Crippen molar-refractivity contribution in [1.82, 2.24) is 9.78 Å². The van der Waals surface area contributed by atoms with Crippen molar-refractivity contribution < 1.29 is 28.8 Å². The van der Waals surface area contributed by atoms with E-state index < -0.39 is 28.5 Å². The van der Waals surface area contributed by atoms with Crippen molar-refractivity contribution in [2.24, 2.45) is 7.05 Å². The highest BCUT2D eigenvalue weighted by Gasteiger charge is 2.30. The Balaban J connectivity index is 2.51. The van der Waals surface area contributed by atoms with Crippen LogP contribution in [0.25, 0.3) is 0 Å². The second kappa shape index (κ2) is 7.31. The molecule has 0 saturated carbocycles. The molecule has 0 aromatic carbocycles. The Bertz CT molecular complexity index is 915. The summed E-state index contributed by atoms with van der Waals surface area (Å²) in [6.07, 6.45) is 0.940. The van der Waals surface area contributed by atoms with Crippen molar-refractivity contribution in [2.75, 3.05) is 19.5 Å². The summed E-state index contributed by atoms with van der Waals surface area (Å²) in [6, 6.07) is 0. The molecule has 2 aromatic rings. The highest BCUT2D eigenvalue weighted by molar-refractivity contribution is 7.18. The lowest BCUT2D eigenvalue weighted by Crippen LogP contribution is -2.18. The van der Waals surface area contributed by atoms with Crippen LogP contribution in [0, 0.1) is 17.0 Å². The Kier molecular flexibility index (Phi) is 5.35. The molecular formula is C14H14N4O7S. The summed E-state index contributed by atoms with van der Waals surface area (Å²) in [4.78, 5) is 46.8. The number of methoxy groups -OCH3 is 2. The van der Waals surface area contributed by atoms with E-state index in [4.69, 9.17) is 0 Å². The monoisotopic (exact) mass is 382 g/mol. The van der Waals surface area contributed by atoms with Crippen molar-refractivity contribution in [3.8, 4) is 0 Å². The van der Waals surface area contributed by atoms with E-state index in [2.05, 4.69) is 19.9 Å². The summed E-state index contributed by atoms with van der Waals surface area (Å²) in [5, 5.41) is 17.1. The maximum Gasteiger partial charge on any atom is 0.348 e. The van der Waals surface area contributed by atoms with Gasteiger partial charge in [-0.05, 0) is 12.5 Å². The zero-order chi connectivity index (χ0) is 19.6. The average molecular weight is 382 g/mol. The van der Waals surface area contributed by atoms with Gasteiger partial charge in [-0.1, -0.05) is 0 Å². The summed E-state index contributed by atoms with van der Waals surface area (Å²) < 4.78 is 10.4. The van der Waals surface area contributed by atoms with E-state index in [1.165, 1.54) is 21.1 Å². The number of amides is 1. The summed E-state index contributed by atoms with van der Waals surface area (Å²) >= 11 is 0.801. The Morgan fingerprint density at radius 3 is 2.42 bits per heavy atom. The van der Waals surface area contributed by atoms with E-state index in [9.17, 15) is 24.5 Å². The van der Waals surface area contributed by atoms with E-state index >= 15 is 0 Å².